The molecule has 1 N–H and O–H groups in total. The van der Waals surface area contributed by atoms with Gasteiger partial charge < -0.3 is 10.0 Å². The maximum Gasteiger partial charge on any atom is 0.431 e. The van der Waals surface area contributed by atoms with Gasteiger partial charge in [-0.15, -0.1) is 0 Å². The quantitative estimate of drug-likeness (QED) is 0.465. The summed E-state index contributed by atoms with van der Waals surface area (Å²) >= 11 is 6.23. The van der Waals surface area contributed by atoms with Crippen LogP contribution in [0.5, 0.6) is 0 Å². The number of anilines is 2. The Morgan fingerprint density at radius 3 is 2.10 bits per heavy atom. The van der Waals surface area contributed by atoms with Gasteiger partial charge in [-0.2, -0.15) is 48.5 Å². The Kier molecular flexibility index (Phi) is 8.60. The van der Waals surface area contributed by atoms with Crippen molar-refractivity contribution >= 4 is 38.9 Å². The Labute approximate surface area is 238 Å². The van der Waals surface area contributed by atoms with Gasteiger partial charge in [0.1, 0.15) is 0 Å². The van der Waals surface area contributed by atoms with Gasteiger partial charge in [0.05, 0.1) is 22.5 Å². The number of halogens is 7. The van der Waals surface area contributed by atoms with Crippen molar-refractivity contribution in [1.29, 1.82) is 0 Å². The molecule has 1 saturated heterocycles. The monoisotopic (exact) mass is 627 g/mol. The van der Waals surface area contributed by atoms with Gasteiger partial charge in [0.2, 0.25) is 0 Å². The van der Waals surface area contributed by atoms with Crippen molar-refractivity contribution in [3.63, 3.8) is 0 Å². The lowest BCUT2D eigenvalue weighted by atomic mass is 9.90. The minimum absolute atomic E-state index is 0.0449. The summed E-state index contributed by atoms with van der Waals surface area (Å²) in [5.41, 5.74) is -5.55. The molecule has 1 fully saturated rings. The zero-order valence-electron chi connectivity index (χ0n) is 22.0. The first kappa shape index (κ1) is 31.3. The van der Waals surface area contributed by atoms with Gasteiger partial charge in [-0.25, -0.2) is 0 Å². The molecule has 0 spiro atoms. The summed E-state index contributed by atoms with van der Waals surface area (Å²) < 4.78 is 110. The third-order valence-corrected chi connectivity index (χ3v) is 9.39. The number of benzene rings is 2. The van der Waals surface area contributed by atoms with E-state index in [2.05, 4.69) is 5.10 Å². The molecule has 1 unspecified atom stereocenters. The molecule has 0 aliphatic carbocycles. The van der Waals surface area contributed by atoms with E-state index in [1.54, 1.807) is 30.3 Å². The predicted molar refractivity (Wildman–Crippen MR) is 143 cm³/mol. The molecule has 16 heteroatoms. The second-order valence-corrected chi connectivity index (χ2v) is 12.4. The van der Waals surface area contributed by atoms with Gasteiger partial charge in [0.15, 0.2) is 0 Å². The molecule has 0 aromatic heterocycles. The van der Waals surface area contributed by atoms with Crippen LogP contribution in [-0.2, 0) is 10.2 Å². The molecule has 2 aromatic carbocycles. The number of para-hydroxylation sites is 1. The van der Waals surface area contributed by atoms with Gasteiger partial charge in [-0.1, -0.05) is 35.9 Å². The van der Waals surface area contributed by atoms with E-state index >= 15 is 0 Å². The van der Waals surface area contributed by atoms with Crippen LogP contribution in [-0.4, -0.2) is 86.1 Å². The van der Waals surface area contributed by atoms with Crippen molar-refractivity contribution in [2.24, 2.45) is 5.10 Å². The average Bonchev–Trinajstić information content (AvgIpc) is 3.17. The van der Waals surface area contributed by atoms with Gasteiger partial charge in [0, 0.05) is 52.4 Å². The van der Waals surface area contributed by atoms with Crippen LogP contribution in [0.2, 0.25) is 5.02 Å². The topological polar surface area (TPSA) is 79.7 Å². The maximum absolute atomic E-state index is 13.7. The number of rotatable bonds is 6. The lowest BCUT2D eigenvalue weighted by molar-refractivity contribution is -0.338. The molecule has 41 heavy (non-hydrogen) atoms. The molecule has 4 rings (SSSR count). The summed E-state index contributed by atoms with van der Waals surface area (Å²) in [5, 5.41) is 14.7. The zero-order valence-corrected chi connectivity index (χ0v) is 23.6. The molecule has 226 valence electrons. The van der Waals surface area contributed by atoms with Crippen LogP contribution in [0.15, 0.2) is 53.6 Å². The molecule has 2 aromatic rings. The number of alkyl halides is 6. The highest BCUT2D eigenvalue weighted by molar-refractivity contribution is 7.86. The maximum atomic E-state index is 13.7. The summed E-state index contributed by atoms with van der Waals surface area (Å²) in [5.74, 6) is 0. The predicted octanol–water partition coefficient (Wildman–Crippen LogP) is 4.82. The van der Waals surface area contributed by atoms with Crippen LogP contribution < -0.4 is 9.91 Å². The molecule has 0 radical (unpaired) electrons. The standard InChI is InChI=1S/C25H28ClF6N5O3S/c1-34(2)41(39,40)36-13-5-12-35(14-15-36)18-10-8-17(9-11-18)21-16-22(23(38,24(27,28)29)25(30,31)32)33-37(21)20-7-4-3-6-19(20)26/h3-4,6-11,21,38H,5,12-16H2,1-2H3. The van der Waals surface area contributed by atoms with Crippen molar-refractivity contribution in [1.82, 2.24) is 8.61 Å². The Balaban J connectivity index is 1.64. The van der Waals surface area contributed by atoms with E-state index in [1.807, 2.05) is 4.90 Å². The molecule has 0 bridgehead atoms. The van der Waals surface area contributed by atoms with Crippen molar-refractivity contribution in [2.45, 2.75) is 36.8 Å². The number of hydrazone groups is 1. The van der Waals surface area contributed by atoms with Crippen LogP contribution in [0.1, 0.15) is 24.4 Å². The van der Waals surface area contributed by atoms with Crippen LogP contribution >= 0.6 is 11.6 Å². The van der Waals surface area contributed by atoms with Crippen LogP contribution in [0.3, 0.4) is 0 Å². The fourth-order valence-corrected chi connectivity index (χ4v) is 6.21. The summed E-state index contributed by atoms with van der Waals surface area (Å²) in [6.45, 7) is 1.46. The fraction of sp³-hybridized carbons (Fsp3) is 0.480. The highest BCUT2D eigenvalue weighted by Crippen LogP contribution is 2.49. The first-order valence-electron chi connectivity index (χ1n) is 12.5. The SMILES string of the molecule is CN(C)S(=O)(=O)N1CCCN(c2ccc(C3CC(C(O)(C(F)(F)F)C(F)(F)F)=NN3c3ccccc3Cl)cc2)CC1. The molecule has 2 aliphatic rings. The molecule has 1 atom stereocenters. The van der Waals surface area contributed by atoms with Crippen LogP contribution in [0.4, 0.5) is 37.7 Å². The van der Waals surface area contributed by atoms with E-state index in [-0.39, 0.29) is 17.3 Å². The van der Waals surface area contributed by atoms with Crippen LogP contribution in [0.25, 0.3) is 0 Å². The minimum atomic E-state index is -6.07. The fourth-order valence-electron chi connectivity index (χ4n) is 4.86. The van der Waals surface area contributed by atoms with E-state index < -0.39 is 46.3 Å². The van der Waals surface area contributed by atoms with Gasteiger partial charge in [0.25, 0.3) is 15.8 Å². The largest absolute Gasteiger partial charge is 0.431 e. The molecular formula is C25H28ClF6N5O3S. The van der Waals surface area contributed by atoms with Crippen LogP contribution in [0, 0.1) is 0 Å². The molecular weight excluding hydrogens is 600 g/mol. The molecule has 8 nitrogen and oxygen atoms in total. The summed E-state index contributed by atoms with van der Waals surface area (Å²) in [7, 11) is -0.692. The first-order valence-corrected chi connectivity index (χ1v) is 14.3. The van der Waals surface area contributed by atoms with E-state index in [4.69, 9.17) is 11.6 Å². The highest BCUT2D eigenvalue weighted by atomic mass is 35.5. The molecule has 2 heterocycles. The van der Waals surface area contributed by atoms with E-state index in [0.717, 1.165) is 9.31 Å². The number of nitrogens with zero attached hydrogens (tertiary/aromatic N) is 5. The summed E-state index contributed by atoms with van der Waals surface area (Å²) in [6, 6.07) is 11.2. The lowest BCUT2D eigenvalue weighted by Crippen LogP contribution is -2.62. The normalized spacial score (nSPS) is 20.0. The Morgan fingerprint density at radius 2 is 1.54 bits per heavy atom. The molecule has 0 amide bonds. The Hall–Kier alpha value is -2.59. The number of hydrogen-bond donors (Lipinski definition) is 1. The molecule has 2 aliphatic heterocycles. The lowest BCUT2D eigenvalue weighted by Gasteiger charge is -2.32. The summed E-state index contributed by atoms with van der Waals surface area (Å²) in [6.07, 6.45) is -12.5. The number of aliphatic hydroxyl groups is 1. The van der Waals surface area contributed by atoms with Crippen molar-refractivity contribution in [2.75, 3.05) is 50.2 Å². The van der Waals surface area contributed by atoms with Crippen molar-refractivity contribution in [3.05, 3.63) is 59.1 Å². The van der Waals surface area contributed by atoms with E-state index in [1.165, 1.54) is 36.6 Å². The first-order chi connectivity index (χ1) is 19.0. The molecule has 0 saturated carbocycles. The third kappa shape index (κ3) is 5.87. The highest BCUT2D eigenvalue weighted by Gasteiger charge is 2.74. The minimum Gasteiger partial charge on any atom is -0.370 e. The average molecular weight is 628 g/mol. The number of hydrogen-bond acceptors (Lipinski definition) is 6. The Bertz CT molecular complexity index is 1370. The van der Waals surface area contributed by atoms with Gasteiger partial charge >= 0.3 is 12.4 Å². The van der Waals surface area contributed by atoms with Crippen molar-refractivity contribution in [3.8, 4) is 0 Å². The van der Waals surface area contributed by atoms with E-state index in [0.29, 0.717) is 37.3 Å². The van der Waals surface area contributed by atoms with E-state index in [9.17, 15) is 39.9 Å². The zero-order chi connectivity index (χ0) is 30.4. The van der Waals surface area contributed by atoms with Gasteiger partial charge in [-0.05, 0) is 36.2 Å². The third-order valence-electron chi connectivity index (χ3n) is 7.13. The Morgan fingerprint density at radius 1 is 0.927 bits per heavy atom. The van der Waals surface area contributed by atoms with Crippen molar-refractivity contribution < 1.29 is 39.9 Å². The smallest absolute Gasteiger partial charge is 0.370 e. The second kappa shape index (κ2) is 11.2. The summed E-state index contributed by atoms with van der Waals surface area (Å²) in [4.78, 5) is 1.95. The van der Waals surface area contributed by atoms with Gasteiger partial charge in [-0.3, -0.25) is 5.01 Å². The second-order valence-electron chi connectivity index (χ2n) is 9.89.